The molecule has 0 aliphatic heterocycles. The first-order valence-corrected chi connectivity index (χ1v) is 12.0. The molecule has 0 spiro atoms. The number of carbonyl (C=O) groups excluding carboxylic acids is 1. The number of hydrogen-bond donors (Lipinski definition) is 3. The fourth-order valence-electron chi connectivity index (χ4n) is 2.89. The smallest absolute Gasteiger partial charge is 0.257 e. The Kier molecular flexibility index (Phi) is 7.76. The summed E-state index contributed by atoms with van der Waals surface area (Å²) in [5.41, 5.74) is 0. The van der Waals surface area contributed by atoms with Gasteiger partial charge in [0, 0.05) is 18.3 Å². The summed E-state index contributed by atoms with van der Waals surface area (Å²) in [6.07, 6.45) is 5.17. The minimum Gasteiger partial charge on any atom is -0.482 e. The van der Waals surface area contributed by atoms with Crippen LogP contribution in [0.5, 0.6) is 5.75 Å². The second-order valence-electron chi connectivity index (χ2n) is 6.47. The monoisotopic (exact) mass is 459 g/mol. The lowest BCUT2D eigenvalue weighted by Gasteiger charge is -2.14. The van der Waals surface area contributed by atoms with Gasteiger partial charge in [0.2, 0.25) is 10.0 Å². The van der Waals surface area contributed by atoms with Crippen molar-refractivity contribution >= 4 is 39.3 Å². The Balaban J connectivity index is 1.45. The number of halogens is 1. The fourth-order valence-corrected chi connectivity index (χ4v) is 5.16. The van der Waals surface area contributed by atoms with Crippen LogP contribution in [0.1, 0.15) is 25.7 Å². The largest absolute Gasteiger partial charge is 0.482 e. The van der Waals surface area contributed by atoms with Gasteiger partial charge in [0.05, 0.1) is 9.92 Å². The molecule has 12 heteroatoms. The SMILES string of the molecule is O=C(COc1ccc(S(=O)(=O)NC2CCCC2)cc1Cl)NCCSc1ncn[nH]1. The molecule has 0 bridgehead atoms. The maximum Gasteiger partial charge on any atom is 0.257 e. The van der Waals surface area contributed by atoms with E-state index in [2.05, 4.69) is 25.2 Å². The van der Waals surface area contributed by atoms with Crippen molar-refractivity contribution in [2.24, 2.45) is 0 Å². The lowest BCUT2D eigenvalue weighted by atomic mass is 10.3. The van der Waals surface area contributed by atoms with E-state index in [-0.39, 0.29) is 34.2 Å². The highest BCUT2D eigenvalue weighted by Crippen LogP contribution is 2.28. The van der Waals surface area contributed by atoms with Crippen molar-refractivity contribution in [3.63, 3.8) is 0 Å². The third kappa shape index (κ3) is 6.59. The molecule has 1 aromatic heterocycles. The number of carbonyl (C=O) groups is 1. The summed E-state index contributed by atoms with van der Waals surface area (Å²) in [5, 5.41) is 9.98. The van der Waals surface area contributed by atoms with Gasteiger partial charge in [-0.1, -0.05) is 36.2 Å². The van der Waals surface area contributed by atoms with Crippen LogP contribution in [-0.4, -0.2) is 54.5 Å². The van der Waals surface area contributed by atoms with Crippen molar-refractivity contribution in [3.05, 3.63) is 29.5 Å². The van der Waals surface area contributed by atoms with E-state index in [1.54, 1.807) is 0 Å². The number of aromatic amines is 1. The van der Waals surface area contributed by atoms with Crippen LogP contribution in [0.2, 0.25) is 5.02 Å². The topological polar surface area (TPSA) is 126 Å². The van der Waals surface area contributed by atoms with Gasteiger partial charge in [-0.2, -0.15) is 5.10 Å². The Morgan fingerprint density at radius 3 is 2.83 bits per heavy atom. The van der Waals surface area contributed by atoms with E-state index in [1.165, 1.54) is 36.3 Å². The highest BCUT2D eigenvalue weighted by molar-refractivity contribution is 7.99. The average molecular weight is 460 g/mol. The van der Waals surface area contributed by atoms with E-state index >= 15 is 0 Å². The van der Waals surface area contributed by atoms with Crippen molar-refractivity contribution in [2.45, 2.75) is 41.8 Å². The minimum atomic E-state index is -3.63. The summed E-state index contributed by atoms with van der Waals surface area (Å²) in [4.78, 5) is 15.9. The van der Waals surface area contributed by atoms with E-state index < -0.39 is 10.0 Å². The molecule has 29 heavy (non-hydrogen) atoms. The maximum absolute atomic E-state index is 12.5. The van der Waals surface area contributed by atoms with Crippen LogP contribution in [0.3, 0.4) is 0 Å². The zero-order valence-electron chi connectivity index (χ0n) is 15.6. The summed E-state index contributed by atoms with van der Waals surface area (Å²) in [6, 6.07) is 4.18. The molecule has 0 saturated heterocycles. The van der Waals surface area contributed by atoms with Crippen molar-refractivity contribution in [1.29, 1.82) is 0 Å². The Hall–Kier alpha value is -1.82. The van der Waals surface area contributed by atoms with Crippen molar-refractivity contribution < 1.29 is 17.9 Å². The van der Waals surface area contributed by atoms with E-state index in [0.29, 0.717) is 17.5 Å². The number of nitrogens with one attached hydrogen (secondary N) is 3. The summed E-state index contributed by atoms with van der Waals surface area (Å²) in [5.74, 6) is 0.568. The zero-order chi connectivity index (χ0) is 20.7. The fraction of sp³-hybridized carbons (Fsp3) is 0.471. The molecule has 0 atom stereocenters. The number of rotatable bonds is 10. The van der Waals surface area contributed by atoms with Gasteiger partial charge in [0.25, 0.3) is 5.91 Å². The van der Waals surface area contributed by atoms with Crippen LogP contribution in [0.4, 0.5) is 0 Å². The molecule has 158 valence electrons. The number of H-pyrrole nitrogens is 1. The lowest BCUT2D eigenvalue weighted by Crippen LogP contribution is -2.32. The molecule has 1 saturated carbocycles. The molecule has 1 amide bonds. The normalized spacial score (nSPS) is 14.8. The molecule has 1 aliphatic carbocycles. The summed E-state index contributed by atoms with van der Waals surface area (Å²) in [6.45, 7) is 0.213. The van der Waals surface area contributed by atoms with Crippen molar-refractivity contribution in [1.82, 2.24) is 25.2 Å². The van der Waals surface area contributed by atoms with E-state index in [0.717, 1.165) is 25.7 Å². The number of sulfonamides is 1. The number of ether oxygens (including phenoxy) is 1. The molecular weight excluding hydrogens is 438 g/mol. The highest BCUT2D eigenvalue weighted by atomic mass is 35.5. The number of amides is 1. The molecule has 1 aromatic carbocycles. The maximum atomic E-state index is 12.5. The molecule has 2 aromatic rings. The molecule has 1 fully saturated rings. The van der Waals surface area contributed by atoms with E-state index in [4.69, 9.17) is 16.3 Å². The summed E-state index contributed by atoms with van der Waals surface area (Å²) < 4.78 is 33.0. The molecular formula is C17H22ClN5O4S2. The minimum absolute atomic E-state index is 0.0272. The van der Waals surface area contributed by atoms with Gasteiger partial charge in [0.1, 0.15) is 12.1 Å². The summed E-state index contributed by atoms with van der Waals surface area (Å²) in [7, 11) is -3.63. The van der Waals surface area contributed by atoms with Crippen LogP contribution in [-0.2, 0) is 14.8 Å². The average Bonchev–Trinajstić information content (AvgIpc) is 3.38. The molecule has 0 radical (unpaired) electrons. The third-order valence-corrected chi connectivity index (χ3v) is 7.00. The first-order chi connectivity index (χ1) is 13.9. The molecule has 1 aliphatic rings. The van der Waals surface area contributed by atoms with Crippen molar-refractivity contribution in [3.8, 4) is 5.75 Å². The predicted molar refractivity (Wildman–Crippen MR) is 110 cm³/mol. The number of thioether (sulfide) groups is 1. The Bertz CT molecular complexity index is 918. The predicted octanol–water partition coefficient (Wildman–Crippen LogP) is 1.97. The molecule has 1 heterocycles. The number of hydrogen-bond acceptors (Lipinski definition) is 7. The first-order valence-electron chi connectivity index (χ1n) is 9.13. The number of aromatic nitrogens is 3. The van der Waals surface area contributed by atoms with Crippen LogP contribution >= 0.6 is 23.4 Å². The number of nitrogens with zero attached hydrogens (tertiary/aromatic N) is 2. The quantitative estimate of drug-likeness (QED) is 0.366. The van der Waals surface area contributed by atoms with Crippen LogP contribution in [0.25, 0.3) is 0 Å². The molecule has 3 N–H and O–H groups in total. The van der Waals surface area contributed by atoms with Crippen molar-refractivity contribution in [2.75, 3.05) is 18.9 Å². The number of benzene rings is 1. The molecule has 0 unspecified atom stereocenters. The Labute approximate surface area is 178 Å². The first kappa shape index (κ1) is 21.9. The summed E-state index contributed by atoms with van der Waals surface area (Å²) >= 11 is 7.58. The van der Waals surface area contributed by atoms with Gasteiger partial charge in [-0.15, -0.1) is 0 Å². The van der Waals surface area contributed by atoms with Gasteiger partial charge >= 0.3 is 0 Å². The standard InChI is InChI=1S/C17H22ClN5O4S2/c18-14-9-13(29(25,26)23-12-3-1-2-4-12)5-6-15(14)27-10-16(24)19-7-8-28-17-20-11-21-22-17/h5-6,9,11-12,23H,1-4,7-8,10H2,(H,19,24)(H,20,21,22). The highest BCUT2D eigenvalue weighted by Gasteiger charge is 2.23. The lowest BCUT2D eigenvalue weighted by molar-refractivity contribution is -0.122. The molecule has 3 rings (SSSR count). The Morgan fingerprint density at radius 2 is 2.14 bits per heavy atom. The second-order valence-corrected chi connectivity index (χ2v) is 9.68. The van der Waals surface area contributed by atoms with Gasteiger partial charge in [-0.3, -0.25) is 9.89 Å². The third-order valence-electron chi connectivity index (χ3n) is 4.31. The van der Waals surface area contributed by atoms with E-state index in [1.807, 2.05) is 0 Å². The Morgan fingerprint density at radius 1 is 1.34 bits per heavy atom. The van der Waals surface area contributed by atoms with Crippen LogP contribution < -0.4 is 14.8 Å². The van der Waals surface area contributed by atoms with Gasteiger partial charge in [-0.25, -0.2) is 18.1 Å². The molecule has 9 nitrogen and oxygen atoms in total. The van der Waals surface area contributed by atoms with Crippen LogP contribution in [0, 0.1) is 0 Å². The van der Waals surface area contributed by atoms with Gasteiger partial charge in [0.15, 0.2) is 11.8 Å². The zero-order valence-corrected chi connectivity index (χ0v) is 17.9. The second kappa shape index (κ2) is 10.3. The van der Waals surface area contributed by atoms with Crippen LogP contribution in [0.15, 0.2) is 34.6 Å². The van der Waals surface area contributed by atoms with Gasteiger partial charge < -0.3 is 10.1 Å². The van der Waals surface area contributed by atoms with Gasteiger partial charge in [-0.05, 0) is 31.0 Å². The van der Waals surface area contributed by atoms with E-state index in [9.17, 15) is 13.2 Å².